The quantitative estimate of drug-likeness (QED) is 0.482. The number of sulfone groups is 2. The lowest BCUT2D eigenvalue weighted by atomic mass is 10.1. The molecule has 0 aliphatic heterocycles. The van der Waals surface area contributed by atoms with Gasteiger partial charge in [0.1, 0.15) is 5.69 Å². The normalized spacial score (nSPS) is 14.9. The molecule has 1 aromatic carbocycles. The highest BCUT2D eigenvalue weighted by Gasteiger charge is 2.34. The Morgan fingerprint density at radius 3 is 2.32 bits per heavy atom. The monoisotopic (exact) mass is 576 g/mol. The third-order valence-corrected chi connectivity index (χ3v) is 8.36. The largest absolute Gasteiger partial charge is 0.416 e. The number of alkyl halides is 5. The standard InChI is InChI=1S/C24H21F5N2O5S2/c1-23(25,26)17-12-20(37(2,33)34)21(30-14-17)22(32)31-13-15-7-3-6-10-19(15)38(35,36)18-9-5-4-8-16(11-18)24(27,28)29/h3-4,6-12,14H,5,13H2,1-2H3,(H,31,32). The van der Waals surface area contributed by atoms with Gasteiger partial charge in [-0.3, -0.25) is 4.79 Å². The second-order valence-corrected chi connectivity index (χ2v) is 12.3. The first-order valence-corrected chi connectivity index (χ1v) is 14.1. The third-order valence-electron chi connectivity index (χ3n) is 5.36. The van der Waals surface area contributed by atoms with Crippen molar-refractivity contribution in [1.29, 1.82) is 0 Å². The molecule has 1 heterocycles. The Morgan fingerprint density at radius 2 is 1.71 bits per heavy atom. The van der Waals surface area contributed by atoms with E-state index >= 15 is 0 Å². The van der Waals surface area contributed by atoms with Crippen molar-refractivity contribution in [1.82, 2.24) is 10.3 Å². The van der Waals surface area contributed by atoms with Gasteiger partial charge >= 0.3 is 6.18 Å². The van der Waals surface area contributed by atoms with E-state index in [4.69, 9.17) is 0 Å². The number of hydrogen-bond acceptors (Lipinski definition) is 6. The summed E-state index contributed by atoms with van der Waals surface area (Å²) < 4.78 is 118. The zero-order valence-electron chi connectivity index (χ0n) is 19.9. The highest BCUT2D eigenvalue weighted by atomic mass is 32.2. The van der Waals surface area contributed by atoms with E-state index in [2.05, 4.69) is 10.3 Å². The van der Waals surface area contributed by atoms with Gasteiger partial charge in [0.05, 0.1) is 20.3 Å². The number of hydrogen-bond donors (Lipinski definition) is 1. The first-order chi connectivity index (χ1) is 17.4. The number of rotatable bonds is 7. The zero-order valence-corrected chi connectivity index (χ0v) is 21.5. The number of carbonyl (C=O) groups is 1. The summed E-state index contributed by atoms with van der Waals surface area (Å²) in [5.74, 6) is -4.53. The Hall–Kier alpha value is -3.39. The maximum atomic E-state index is 13.7. The molecule has 0 atom stereocenters. The number of allylic oxidation sites excluding steroid dienone is 5. The number of pyridine rings is 1. The summed E-state index contributed by atoms with van der Waals surface area (Å²) in [7, 11) is -8.65. The van der Waals surface area contributed by atoms with Crippen molar-refractivity contribution >= 4 is 25.6 Å². The maximum absolute atomic E-state index is 13.7. The number of nitrogens with one attached hydrogen (secondary N) is 1. The minimum Gasteiger partial charge on any atom is -0.347 e. The van der Waals surface area contributed by atoms with Crippen LogP contribution in [0.4, 0.5) is 22.0 Å². The molecule has 0 fully saturated rings. The Morgan fingerprint density at radius 1 is 1.05 bits per heavy atom. The van der Waals surface area contributed by atoms with Crippen molar-refractivity contribution < 1.29 is 43.6 Å². The summed E-state index contributed by atoms with van der Waals surface area (Å²) in [4.78, 5) is 14.6. The van der Waals surface area contributed by atoms with E-state index in [0.717, 1.165) is 18.2 Å². The Bertz CT molecular complexity index is 1570. The van der Waals surface area contributed by atoms with Crippen LogP contribution in [0.25, 0.3) is 0 Å². The van der Waals surface area contributed by atoms with E-state index in [1.807, 2.05) is 0 Å². The summed E-state index contributed by atoms with van der Waals surface area (Å²) in [6, 6.07) is 5.86. The molecule has 204 valence electrons. The number of carbonyl (C=O) groups excluding carboxylic acids is 1. The lowest BCUT2D eigenvalue weighted by Crippen LogP contribution is -2.27. The molecule has 0 saturated carbocycles. The van der Waals surface area contributed by atoms with E-state index in [1.54, 1.807) is 0 Å². The van der Waals surface area contributed by atoms with Gasteiger partial charge in [0, 0.05) is 31.5 Å². The topological polar surface area (TPSA) is 110 Å². The summed E-state index contributed by atoms with van der Waals surface area (Å²) >= 11 is 0. The summed E-state index contributed by atoms with van der Waals surface area (Å²) in [6.45, 7) is 0.0337. The van der Waals surface area contributed by atoms with Crippen LogP contribution in [-0.2, 0) is 32.1 Å². The molecule has 1 aromatic heterocycles. The first-order valence-electron chi connectivity index (χ1n) is 10.8. The van der Waals surface area contributed by atoms with Crippen LogP contribution in [0.15, 0.2) is 81.1 Å². The van der Waals surface area contributed by atoms with E-state index < -0.39 is 70.9 Å². The molecule has 7 nitrogen and oxygen atoms in total. The maximum Gasteiger partial charge on any atom is 0.416 e. The fourth-order valence-corrected chi connectivity index (χ4v) is 5.87. The summed E-state index contributed by atoms with van der Waals surface area (Å²) in [6.07, 6.45) is 0.0738. The van der Waals surface area contributed by atoms with Crippen LogP contribution in [0.5, 0.6) is 0 Å². The van der Waals surface area contributed by atoms with Gasteiger partial charge in [-0.1, -0.05) is 36.4 Å². The highest BCUT2D eigenvalue weighted by molar-refractivity contribution is 7.95. The Kier molecular flexibility index (Phi) is 7.99. The fourth-order valence-electron chi connectivity index (χ4n) is 3.44. The van der Waals surface area contributed by atoms with Gasteiger partial charge in [0.2, 0.25) is 9.84 Å². The van der Waals surface area contributed by atoms with Crippen molar-refractivity contribution in [3.63, 3.8) is 0 Å². The molecule has 3 rings (SSSR count). The van der Waals surface area contributed by atoms with Crippen LogP contribution in [0.3, 0.4) is 0 Å². The highest BCUT2D eigenvalue weighted by Crippen LogP contribution is 2.33. The smallest absolute Gasteiger partial charge is 0.347 e. The predicted octanol–water partition coefficient (Wildman–Crippen LogP) is 4.63. The summed E-state index contributed by atoms with van der Waals surface area (Å²) in [5, 5.41) is 2.30. The van der Waals surface area contributed by atoms with Crippen LogP contribution in [-0.4, -0.2) is 40.2 Å². The molecule has 0 saturated heterocycles. The minimum atomic E-state index is -4.79. The molecule has 1 amide bonds. The molecule has 0 unspecified atom stereocenters. The van der Waals surface area contributed by atoms with E-state index in [1.165, 1.54) is 24.3 Å². The van der Waals surface area contributed by atoms with Crippen molar-refractivity contribution in [3.8, 4) is 0 Å². The van der Waals surface area contributed by atoms with Crippen LogP contribution in [0.1, 0.15) is 35.0 Å². The van der Waals surface area contributed by atoms with E-state index in [9.17, 15) is 43.6 Å². The van der Waals surface area contributed by atoms with Crippen molar-refractivity contribution in [2.24, 2.45) is 0 Å². The number of benzene rings is 1. The van der Waals surface area contributed by atoms with Crippen LogP contribution in [0, 0.1) is 0 Å². The molecule has 2 aromatic rings. The van der Waals surface area contributed by atoms with E-state index in [0.29, 0.717) is 31.5 Å². The lowest BCUT2D eigenvalue weighted by Gasteiger charge is -2.15. The van der Waals surface area contributed by atoms with Gasteiger partial charge in [-0.25, -0.2) is 30.6 Å². The molecule has 38 heavy (non-hydrogen) atoms. The molecule has 0 radical (unpaired) electrons. The Balaban J connectivity index is 1.95. The molecule has 0 spiro atoms. The predicted molar refractivity (Wildman–Crippen MR) is 128 cm³/mol. The second-order valence-electron chi connectivity index (χ2n) is 8.37. The van der Waals surface area contributed by atoms with Gasteiger partial charge in [0.25, 0.3) is 11.8 Å². The minimum absolute atomic E-state index is 0.0152. The van der Waals surface area contributed by atoms with Crippen LogP contribution < -0.4 is 5.32 Å². The molecule has 1 aliphatic carbocycles. The molecule has 1 N–H and O–H groups in total. The molecular formula is C24H21F5N2O5S2. The molecule has 14 heteroatoms. The van der Waals surface area contributed by atoms with Gasteiger partial charge in [-0.2, -0.15) is 13.2 Å². The van der Waals surface area contributed by atoms with Crippen LogP contribution >= 0.6 is 0 Å². The zero-order chi connectivity index (χ0) is 28.5. The number of nitrogens with zero attached hydrogens (tertiary/aromatic N) is 1. The second kappa shape index (κ2) is 10.4. The fraction of sp³-hybridized carbons (Fsp3) is 0.250. The van der Waals surface area contributed by atoms with Gasteiger partial charge in [-0.15, -0.1) is 0 Å². The average molecular weight is 577 g/mol. The lowest BCUT2D eigenvalue weighted by molar-refractivity contribution is -0.0882. The Labute approximate surface area is 215 Å². The average Bonchev–Trinajstić information content (AvgIpc) is 3.08. The number of aromatic nitrogens is 1. The van der Waals surface area contributed by atoms with Crippen molar-refractivity contribution in [2.75, 3.05) is 6.26 Å². The van der Waals surface area contributed by atoms with Gasteiger partial charge < -0.3 is 5.32 Å². The van der Waals surface area contributed by atoms with Gasteiger partial charge in [0.15, 0.2) is 9.84 Å². The number of halogens is 5. The summed E-state index contributed by atoms with van der Waals surface area (Å²) in [5.41, 5.74) is -2.59. The third kappa shape index (κ3) is 6.54. The number of amides is 1. The van der Waals surface area contributed by atoms with Crippen molar-refractivity contribution in [2.45, 2.75) is 41.8 Å². The van der Waals surface area contributed by atoms with Gasteiger partial charge in [-0.05, 0) is 30.2 Å². The SMILES string of the molecule is CC(F)(F)c1cnc(C(=O)NCc2ccccc2S(=O)(=O)C2=CCC=CC(C(F)(F)F)=C2)c(S(C)(=O)=O)c1. The first kappa shape index (κ1) is 29.2. The van der Waals surface area contributed by atoms with E-state index in [-0.39, 0.29) is 16.9 Å². The van der Waals surface area contributed by atoms with Crippen molar-refractivity contribution in [3.05, 3.63) is 88.1 Å². The molecular weight excluding hydrogens is 555 g/mol. The molecule has 0 bridgehead atoms. The molecule has 1 aliphatic rings. The van der Waals surface area contributed by atoms with Crippen LogP contribution in [0.2, 0.25) is 0 Å².